The highest BCUT2D eigenvalue weighted by atomic mass is 16.6. The lowest BCUT2D eigenvalue weighted by Gasteiger charge is -2.25. The molecule has 7 nitrogen and oxygen atoms in total. The molecule has 7 heteroatoms. The Labute approximate surface area is 133 Å². The predicted octanol–water partition coefficient (Wildman–Crippen LogP) is 0.575. The molecule has 0 spiro atoms. The van der Waals surface area contributed by atoms with Gasteiger partial charge in [-0.05, 0) is 12.5 Å². The van der Waals surface area contributed by atoms with Crippen molar-refractivity contribution in [2.24, 2.45) is 4.99 Å². The topological polar surface area (TPSA) is 75.8 Å². The van der Waals surface area contributed by atoms with Crippen LogP contribution in [-0.2, 0) is 4.74 Å². The Morgan fingerprint density at radius 2 is 2.39 bits per heavy atom. The van der Waals surface area contributed by atoms with Crippen LogP contribution < -0.4 is 14.5 Å². The number of aliphatic imine (C=N–C) groups is 1. The number of ether oxygens (including phenoxy) is 2. The molecule has 23 heavy (non-hydrogen) atoms. The first kappa shape index (κ1) is 14.2. The summed E-state index contributed by atoms with van der Waals surface area (Å²) in [6.07, 6.45) is 2.63. The van der Waals surface area contributed by atoms with Gasteiger partial charge >= 0.3 is 6.09 Å². The number of amides is 1. The molecule has 120 valence electrons. The number of cyclic esters (lactones) is 1. The van der Waals surface area contributed by atoms with Gasteiger partial charge in [0.2, 0.25) is 11.6 Å². The number of quaternary nitrogens is 1. The van der Waals surface area contributed by atoms with E-state index in [-0.39, 0.29) is 0 Å². The standard InChI is InChI=1S/C16H17N3O4/c1-2-12(20)13-8-19(16(21)23-13)11-5-3-4-10-15(11)22-9-14-17-6-7-18(10)14/h3-7,12-13,20H,2,8-9H2,1H3/p+1/t12?,13-/m1/s1. The first-order valence-electron chi connectivity index (χ1n) is 7.72. The van der Waals surface area contributed by atoms with E-state index in [9.17, 15) is 9.90 Å². The summed E-state index contributed by atoms with van der Waals surface area (Å²) >= 11 is 0. The first-order chi connectivity index (χ1) is 11.2. The molecule has 2 unspecified atom stereocenters. The highest BCUT2D eigenvalue weighted by molar-refractivity contribution is 5.94. The molecule has 1 saturated heterocycles. The molecular weight excluding hydrogens is 298 g/mol. The van der Waals surface area contributed by atoms with Crippen molar-refractivity contribution in [3.8, 4) is 5.75 Å². The number of amidine groups is 1. The summed E-state index contributed by atoms with van der Waals surface area (Å²) in [7, 11) is 0. The van der Waals surface area contributed by atoms with Crippen LogP contribution in [0, 0.1) is 0 Å². The maximum absolute atomic E-state index is 12.2. The molecule has 3 aliphatic heterocycles. The van der Waals surface area contributed by atoms with E-state index in [0.717, 1.165) is 16.4 Å². The molecule has 0 aromatic heterocycles. The van der Waals surface area contributed by atoms with Crippen molar-refractivity contribution < 1.29 is 24.3 Å². The molecule has 0 radical (unpaired) electrons. The number of para-hydroxylation sites is 1. The van der Waals surface area contributed by atoms with Crippen molar-refractivity contribution in [3.63, 3.8) is 0 Å². The maximum atomic E-state index is 12.2. The minimum atomic E-state index is -0.657. The molecular formula is C16H18N3O4+. The molecule has 3 atom stereocenters. The average Bonchev–Trinajstić information content (AvgIpc) is 3.20. The molecule has 3 heterocycles. The van der Waals surface area contributed by atoms with Crippen LogP contribution in [0.15, 0.2) is 35.6 Å². The summed E-state index contributed by atoms with van der Waals surface area (Å²) in [6.45, 7) is 2.56. The lowest BCUT2D eigenvalue weighted by molar-refractivity contribution is -0.669. The summed E-state index contributed by atoms with van der Waals surface area (Å²) in [5.41, 5.74) is 1.60. The molecule has 1 aromatic rings. The summed E-state index contributed by atoms with van der Waals surface area (Å²) in [6, 6.07) is 5.68. The Bertz CT molecular complexity index is 715. The predicted molar refractivity (Wildman–Crippen MR) is 83.0 cm³/mol. The van der Waals surface area contributed by atoms with Crippen LogP contribution in [-0.4, -0.2) is 42.4 Å². The molecule has 0 aliphatic carbocycles. The van der Waals surface area contributed by atoms with Crippen LogP contribution in [0.5, 0.6) is 5.75 Å². The van der Waals surface area contributed by atoms with Gasteiger partial charge in [0.25, 0.3) is 0 Å². The number of aliphatic hydroxyl groups is 1. The molecule has 1 amide bonds. The minimum Gasteiger partial charge on any atom is -0.473 e. The van der Waals surface area contributed by atoms with E-state index in [4.69, 9.17) is 9.47 Å². The number of nitrogens with one attached hydrogen (secondary N) is 1. The van der Waals surface area contributed by atoms with Gasteiger partial charge in [0, 0.05) is 6.07 Å². The Balaban J connectivity index is 1.69. The van der Waals surface area contributed by atoms with E-state index in [0.29, 0.717) is 31.0 Å². The third-order valence-electron chi connectivity index (χ3n) is 4.39. The Hall–Kier alpha value is -2.38. The molecule has 0 bridgehead atoms. The summed E-state index contributed by atoms with van der Waals surface area (Å²) < 4.78 is 11.1. The number of rotatable bonds is 3. The quantitative estimate of drug-likeness (QED) is 0.855. The smallest absolute Gasteiger partial charge is 0.414 e. The zero-order chi connectivity index (χ0) is 16.0. The largest absolute Gasteiger partial charge is 0.473 e. The second kappa shape index (κ2) is 5.36. The van der Waals surface area contributed by atoms with Crippen LogP contribution in [0.4, 0.5) is 16.2 Å². The second-order valence-corrected chi connectivity index (χ2v) is 5.76. The van der Waals surface area contributed by atoms with Crippen molar-refractivity contribution in [3.05, 3.63) is 30.6 Å². The molecule has 4 rings (SSSR count). The fraction of sp³-hybridized carbons (Fsp3) is 0.375. The van der Waals surface area contributed by atoms with Gasteiger partial charge in [0.15, 0.2) is 12.3 Å². The number of carbonyl (C=O) groups is 1. The number of benzene rings is 1. The van der Waals surface area contributed by atoms with Gasteiger partial charge in [-0.3, -0.25) is 4.90 Å². The zero-order valence-electron chi connectivity index (χ0n) is 12.7. The fourth-order valence-electron chi connectivity index (χ4n) is 3.11. The highest BCUT2D eigenvalue weighted by Gasteiger charge is 2.40. The molecule has 0 saturated carbocycles. The van der Waals surface area contributed by atoms with Crippen molar-refractivity contribution in [2.75, 3.05) is 18.1 Å². The highest BCUT2D eigenvalue weighted by Crippen LogP contribution is 2.38. The maximum Gasteiger partial charge on any atom is 0.414 e. The SMILES string of the molecule is CCC(O)[C@H]1CN(c2cccc3c2OCC2=NC=C[NH+]23)C(=O)O1. The van der Waals surface area contributed by atoms with Crippen molar-refractivity contribution >= 4 is 23.3 Å². The molecule has 2 N–H and O–H groups in total. The van der Waals surface area contributed by atoms with Crippen molar-refractivity contribution in [1.29, 1.82) is 0 Å². The summed E-state index contributed by atoms with van der Waals surface area (Å²) in [4.78, 5) is 19.1. The number of aliphatic hydroxyl groups excluding tert-OH is 1. The van der Waals surface area contributed by atoms with Crippen LogP contribution in [0.1, 0.15) is 13.3 Å². The Morgan fingerprint density at radius 1 is 1.52 bits per heavy atom. The van der Waals surface area contributed by atoms with E-state index in [1.165, 1.54) is 4.90 Å². The monoisotopic (exact) mass is 316 g/mol. The second-order valence-electron chi connectivity index (χ2n) is 5.76. The fourth-order valence-corrected chi connectivity index (χ4v) is 3.11. The normalized spacial score (nSPS) is 26.3. The van der Waals surface area contributed by atoms with Crippen molar-refractivity contribution in [2.45, 2.75) is 25.6 Å². The van der Waals surface area contributed by atoms with Gasteiger partial charge in [-0.25, -0.2) is 9.69 Å². The zero-order valence-corrected chi connectivity index (χ0v) is 12.7. The lowest BCUT2D eigenvalue weighted by Crippen LogP contribution is -3.06. The van der Waals surface area contributed by atoms with E-state index < -0.39 is 18.3 Å². The van der Waals surface area contributed by atoms with Crippen LogP contribution in [0.25, 0.3) is 0 Å². The van der Waals surface area contributed by atoms with E-state index >= 15 is 0 Å². The van der Waals surface area contributed by atoms with Crippen LogP contribution in [0.3, 0.4) is 0 Å². The summed E-state index contributed by atoms with van der Waals surface area (Å²) in [5.74, 6) is 1.56. The molecule has 3 aliphatic rings. The minimum absolute atomic E-state index is 0.319. The van der Waals surface area contributed by atoms with Crippen LogP contribution >= 0.6 is 0 Å². The molecule has 1 aromatic carbocycles. The van der Waals surface area contributed by atoms with Gasteiger partial charge in [-0.15, -0.1) is 0 Å². The van der Waals surface area contributed by atoms with Crippen LogP contribution in [0.2, 0.25) is 0 Å². The third-order valence-corrected chi connectivity index (χ3v) is 4.39. The number of hydrogen-bond acceptors (Lipinski definition) is 5. The number of nitrogens with zero attached hydrogens (tertiary/aromatic N) is 2. The molecule has 1 fully saturated rings. The van der Waals surface area contributed by atoms with Gasteiger partial charge in [0.1, 0.15) is 12.3 Å². The lowest BCUT2D eigenvalue weighted by atomic mass is 10.1. The Kier molecular flexibility index (Phi) is 3.32. The number of carbonyl (C=O) groups excluding carboxylic acids is 1. The van der Waals surface area contributed by atoms with Gasteiger partial charge in [0.05, 0.1) is 24.5 Å². The van der Waals surface area contributed by atoms with E-state index in [2.05, 4.69) is 4.99 Å². The number of hydrogen-bond donors (Lipinski definition) is 2. The van der Waals surface area contributed by atoms with Crippen molar-refractivity contribution in [1.82, 2.24) is 0 Å². The summed E-state index contributed by atoms with van der Waals surface area (Å²) in [5, 5.41) is 9.94. The third kappa shape index (κ3) is 2.20. The Morgan fingerprint density at radius 3 is 3.22 bits per heavy atom. The van der Waals surface area contributed by atoms with Gasteiger partial charge in [-0.1, -0.05) is 13.0 Å². The average molecular weight is 316 g/mol. The van der Waals surface area contributed by atoms with E-state index in [1.54, 1.807) is 6.20 Å². The first-order valence-corrected chi connectivity index (χ1v) is 7.72. The van der Waals surface area contributed by atoms with E-state index in [1.807, 2.05) is 31.3 Å². The van der Waals surface area contributed by atoms with Gasteiger partial charge < -0.3 is 14.6 Å². The van der Waals surface area contributed by atoms with Gasteiger partial charge in [-0.2, -0.15) is 4.99 Å². The number of fused-ring (bicyclic) bond motifs is 3. The number of anilines is 1.